The predicted molar refractivity (Wildman–Crippen MR) is 61.3 cm³/mol. The number of hydrogen-bond acceptors (Lipinski definition) is 3. The van der Waals surface area contributed by atoms with Crippen LogP contribution in [0.5, 0.6) is 0 Å². The smallest absolute Gasteiger partial charge is 0.149 e. The van der Waals surface area contributed by atoms with Gasteiger partial charge in [0.15, 0.2) is 5.15 Å². The topological polar surface area (TPSA) is 74.5 Å². The van der Waals surface area contributed by atoms with Crippen LogP contribution >= 0.6 is 11.6 Å². The second-order valence-electron chi connectivity index (χ2n) is 2.96. The van der Waals surface area contributed by atoms with Crippen LogP contribution in [0.15, 0.2) is 41.5 Å². The number of aromatic nitrogens is 2. The molecule has 0 saturated carbocycles. The van der Waals surface area contributed by atoms with Gasteiger partial charge in [0.25, 0.3) is 0 Å². The van der Waals surface area contributed by atoms with Gasteiger partial charge >= 0.3 is 0 Å². The van der Waals surface area contributed by atoms with Crippen molar-refractivity contribution in [3.05, 3.63) is 52.0 Å². The molecule has 0 amide bonds. The van der Waals surface area contributed by atoms with Crippen LogP contribution in [-0.2, 0) is 0 Å². The van der Waals surface area contributed by atoms with Gasteiger partial charge in [-0.2, -0.15) is 0 Å². The molecule has 0 aliphatic rings. The molecule has 0 bridgehead atoms. The van der Waals surface area contributed by atoms with Crippen LogP contribution in [0.25, 0.3) is 21.7 Å². The summed E-state index contributed by atoms with van der Waals surface area (Å²) < 4.78 is 0. The Bertz CT molecular complexity index is 548. The van der Waals surface area contributed by atoms with Gasteiger partial charge in [0.2, 0.25) is 0 Å². The molecule has 16 heavy (non-hydrogen) atoms. The van der Waals surface area contributed by atoms with Crippen molar-refractivity contribution in [3.63, 3.8) is 0 Å². The summed E-state index contributed by atoms with van der Waals surface area (Å²) in [5.74, 6) is 0. The third-order valence-electron chi connectivity index (χ3n) is 1.94. The van der Waals surface area contributed by atoms with Gasteiger partial charge in [0, 0.05) is 10.5 Å². The fraction of sp³-hybridized carbons (Fsp3) is 0. The van der Waals surface area contributed by atoms with E-state index >= 15 is 0 Å². The average Bonchev–Trinajstić information content (AvgIpc) is 2.31. The Hall–Kier alpha value is -2.10. The molecule has 1 aromatic heterocycles. The van der Waals surface area contributed by atoms with Crippen LogP contribution in [0.2, 0.25) is 5.15 Å². The van der Waals surface area contributed by atoms with Crippen molar-refractivity contribution < 1.29 is 0 Å². The summed E-state index contributed by atoms with van der Waals surface area (Å²) in [6.07, 6.45) is 0. The van der Waals surface area contributed by atoms with E-state index in [-0.39, 0.29) is 5.15 Å². The molecule has 0 unspecified atom stereocenters. The fourth-order valence-corrected chi connectivity index (χ4v) is 1.43. The number of hydrogen-bond donors (Lipinski definition) is 0. The van der Waals surface area contributed by atoms with E-state index < -0.39 is 0 Å². The second kappa shape index (κ2) is 4.61. The monoisotopic (exact) mass is 231 g/mol. The molecule has 0 radical (unpaired) electrons. The van der Waals surface area contributed by atoms with Crippen molar-refractivity contribution in [2.24, 2.45) is 5.11 Å². The zero-order chi connectivity index (χ0) is 11.4. The highest BCUT2D eigenvalue weighted by Gasteiger charge is 2.06. The van der Waals surface area contributed by atoms with Gasteiger partial charge in [-0.05, 0) is 11.6 Å². The zero-order valence-corrected chi connectivity index (χ0v) is 8.83. The molecule has 2 aromatic rings. The van der Waals surface area contributed by atoms with Crippen molar-refractivity contribution in [1.29, 1.82) is 0 Å². The van der Waals surface area contributed by atoms with E-state index in [1.807, 2.05) is 30.3 Å². The number of rotatable bonds is 2. The molecule has 1 aromatic carbocycles. The maximum absolute atomic E-state index is 8.45. The zero-order valence-electron chi connectivity index (χ0n) is 8.08. The first-order valence-electron chi connectivity index (χ1n) is 4.45. The highest BCUT2D eigenvalue weighted by Crippen LogP contribution is 2.28. The van der Waals surface area contributed by atoms with Crippen LogP contribution < -0.4 is 0 Å². The summed E-state index contributed by atoms with van der Waals surface area (Å²) >= 11 is 5.68. The van der Waals surface area contributed by atoms with E-state index in [1.165, 1.54) is 6.07 Å². The van der Waals surface area contributed by atoms with Gasteiger partial charge in [0.05, 0.1) is 5.69 Å². The molecule has 0 saturated heterocycles. The van der Waals surface area contributed by atoms with E-state index in [0.717, 1.165) is 5.56 Å². The summed E-state index contributed by atoms with van der Waals surface area (Å²) in [4.78, 5) is 2.73. The lowest BCUT2D eigenvalue weighted by atomic mass is 10.1. The SMILES string of the molecule is [N-]=[N+]=Nc1cc(Cl)nnc1-c1ccccc1. The lowest BCUT2D eigenvalue weighted by molar-refractivity contribution is 1.04. The summed E-state index contributed by atoms with van der Waals surface area (Å²) in [6.45, 7) is 0. The minimum Gasteiger partial charge on any atom is -0.149 e. The first-order chi connectivity index (χ1) is 7.81. The highest BCUT2D eigenvalue weighted by molar-refractivity contribution is 6.29. The van der Waals surface area contributed by atoms with Gasteiger partial charge in [-0.15, -0.1) is 10.2 Å². The average molecular weight is 232 g/mol. The van der Waals surface area contributed by atoms with Gasteiger partial charge in [0.1, 0.15) is 5.69 Å². The van der Waals surface area contributed by atoms with Crippen molar-refractivity contribution in [1.82, 2.24) is 10.2 Å². The van der Waals surface area contributed by atoms with E-state index in [4.69, 9.17) is 17.1 Å². The standard InChI is InChI=1S/C10H6ClN5/c11-9-6-8(13-16-12)10(15-14-9)7-4-2-1-3-5-7/h1-6H. The Balaban J connectivity index is 2.61. The van der Waals surface area contributed by atoms with Crippen molar-refractivity contribution in [2.45, 2.75) is 0 Å². The van der Waals surface area contributed by atoms with Crippen molar-refractivity contribution >= 4 is 17.3 Å². The molecule has 0 aliphatic carbocycles. The molecular formula is C10H6ClN5. The van der Waals surface area contributed by atoms with Crippen LogP contribution in [0.1, 0.15) is 0 Å². The third-order valence-corrected chi connectivity index (χ3v) is 2.13. The highest BCUT2D eigenvalue weighted by atomic mass is 35.5. The minimum atomic E-state index is 0.196. The van der Waals surface area contributed by atoms with Crippen LogP contribution in [0.4, 0.5) is 5.69 Å². The molecular weight excluding hydrogens is 226 g/mol. The molecule has 2 rings (SSSR count). The number of halogens is 1. The first-order valence-corrected chi connectivity index (χ1v) is 4.83. The van der Waals surface area contributed by atoms with E-state index in [9.17, 15) is 0 Å². The first kappa shape index (κ1) is 10.4. The van der Waals surface area contributed by atoms with Crippen LogP contribution in [0.3, 0.4) is 0 Å². The second-order valence-corrected chi connectivity index (χ2v) is 3.34. The fourth-order valence-electron chi connectivity index (χ4n) is 1.29. The number of nitrogens with zero attached hydrogens (tertiary/aromatic N) is 5. The van der Waals surface area contributed by atoms with Crippen LogP contribution in [-0.4, -0.2) is 10.2 Å². The molecule has 0 atom stereocenters. The molecule has 0 aliphatic heterocycles. The molecule has 0 spiro atoms. The van der Waals surface area contributed by atoms with Gasteiger partial charge < -0.3 is 0 Å². The predicted octanol–water partition coefficient (Wildman–Crippen LogP) is 3.74. The maximum Gasteiger partial charge on any atom is 0.152 e. The number of benzene rings is 1. The summed E-state index contributed by atoms with van der Waals surface area (Å²) in [6, 6.07) is 10.8. The van der Waals surface area contributed by atoms with Gasteiger partial charge in [-0.25, -0.2) is 0 Å². The lowest BCUT2D eigenvalue weighted by Gasteiger charge is -2.02. The molecule has 6 heteroatoms. The summed E-state index contributed by atoms with van der Waals surface area (Å²) in [5.41, 5.74) is 10.2. The Kier molecular flexibility index (Phi) is 3.00. The Morgan fingerprint density at radius 2 is 1.94 bits per heavy atom. The molecule has 5 nitrogen and oxygen atoms in total. The largest absolute Gasteiger partial charge is 0.152 e. The number of azide groups is 1. The van der Waals surface area contributed by atoms with E-state index in [0.29, 0.717) is 11.4 Å². The Morgan fingerprint density at radius 3 is 2.62 bits per heavy atom. The Labute approximate surface area is 96.3 Å². The van der Waals surface area contributed by atoms with Crippen LogP contribution in [0, 0.1) is 0 Å². The summed E-state index contributed by atoms with van der Waals surface area (Å²) in [5, 5.41) is 11.4. The Morgan fingerprint density at radius 1 is 1.19 bits per heavy atom. The molecule has 78 valence electrons. The quantitative estimate of drug-likeness (QED) is 0.449. The minimum absolute atomic E-state index is 0.196. The van der Waals surface area contributed by atoms with E-state index in [1.54, 1.807) is 0 Å². The van der Waals surface area contributed by atoms with Gasteiger partial charge in [-0.3, -0.25) is 0 Å². The van der Waals surface area contributed by atoms with E-state index in [2.05, 4.69) is 20.2 Å². The lowest BCUT2D eigenvalue weighted by Crippen LogP contribution is -1.88. The van der Waals surface area contributed by atoms with Crippen molar-refractivity contribution in [2.75, 3.05) is 0 Å². The molecule has 0 N–H and O–H groups in total. The third kappa shape index (κ3) is 2.11. The van der Waals surface area contributed by atoms with Crippen molar-refractivity contribution in [3.8, 4) is 11.3 Å². The normalized spacial score (nSPS) is 9.56. The summed E-state index contributed by atoms with van der Waals surface area (Å²) in [7, 11) is 0. The maximum atomic E-state index is 8.45. The molecule has 0 fully saturated rings. The van der Waals surface area contributed by atoms with Gasteiger partial charge in [-0.1, -0.05) is 47.0 Å². The molecule has 1 heterocycles.